The van der Waals surface area contributed by atoms with Crippen LogP contribution in [0.3, 0.4) is 0 Å². The summed E-state index contributed by atoms with van der Waals surface area (Å²) in [6.07, 6.45) is 1.67. The molecule has 0 saturated heterocycles. The highest BCUT2D eigenvalue weighted by molar-refractivity contribution is 7.84. The Morgan fingerprint density at radius 1 is 1.33 bits per heavy atom. The van der Waals surface area contributed by atoms with E-state index in [9.17, 15) is 4.21 Å². The van der Waals surface area contributed by atoms with Gasteiger partial charge in [0.15, 0.2) is 0 Å². The van der Waals surface area contributed by atoms with Gasteiger partial charge in [-0.2, -0.15) is 0 Å². The van der Waals surface area contributed by atoms with E-state index in [2.05, 4.69) is 0 Å². The van der Waals surface area contributed by atoms with Crippen LogP contribution in [0.1, 0.15) is 18.5 Å². The molecular weight excluding hydrogens is 170 g/mol. The lowest BCUT2D eigenvalue weighted by molar-refractivity contribution is 0.686. The second-order valence-corrected chi connectivity index (χ2v) is 4.19. The minimum absolute atomic E-state index is 0.0457. The first kappa shape index (κ1) is 9.42. The van der Waals surface area contributed by atoms with Gasteiger partial charge in [-0.25, -0.2) is 0 Å². The molecule has 0 saturated carbocycles. The van der Waals surface area contributed by atoms with Crippen molar-refractivity contribution < 1.29 is 4.21 Å². The molecular formula is C9H13NOS. The van der Waals surface area contributed by atoms with Gasteiger partial charge < -0.3 is 5.73 Å². The van der Waals surface area contributed by atoms with Crippen LogP contribution in [0, 0.1) is 0 Å². The van der Waals surface area contributed by atoms with Crippen LogP contribution in [0.4, 0.5) is 0 Å². The van der Waals surface area contributed by atoms with Gasteiger partial charge in [-0.15, -0.1) is 0 Å². The van der Waals surface area contributed by atoms with E-state index in [0.29, 0.717) is 0 Å². The largest absolute Gasteiger partial charge is 0.324 e. The highest BCUT2D eigenvalue weighted by atomic mass is 32.2. The first-order chi connectivity index (χ1) is 5.61. The van der Waals surface area contributed by atoms with Crippen LogP contribution in [-0.2, 0) is 10.8 Å². The average Bonchev–Trinajstić information content (AvgIpc) is 2.04. The number of rotatable bonds is 2. The SMILES string of the molecule is C[C@@H](N)c1ccc([S@](C)=O)cc1. The molecule has 2 N–H and O–H groups in total. The van der Waals surface area contributed by atoms with Gasteiger partial charge in [-0.05, 0) is 24.6 Å². The van der Waals surface area contributed by atoms with Crippen molar-refractivity contribution in [3.8, 4) is 0 Å². The molecule has 0 aliphatic heterocycles. The summed E-state index contributed by atoms with van der Waals surface area (Å²) in [5.41, 5.74) is 6.74. The van der Waals surface area contributed by atoms with Crippen LogP contribution in [0.25, 0.3) is 0 Å². The van der Waals surface area contributed by atoms with Crippen molar-refractivity contribution in [2.75, 3.05) is 6.26 Å². The molecule has 0 amide bonds. The topological polar surface area (TPSA) is 43.1 Å². The van der Waals surface area contributed by atoms with Crippen molar-refractivity contribution in [2.24, 2.45) is 5.73 Å². The molecule has 1 aromatic carbocycles. The number of hydrogen-bond acceptors (Lipinski definition) is 2. The molecule has 0 unspecified atom stereocenters. The molecule has 12 heavy (non-hydrogen) atoms. The maximum absolute atomic E-state index is 11.0. The summed E-state index contributed by atoms with van der Waals surface area (Å²) in [6, 6.07) is 7.59. The summed E-state index contributed by atoms with van der Waals surface area (Å²) in [5.74, 6) is 0. The Labute approximate surface area is 75.2 Å². The van der Waals surface area contributed by atoms with Crippen LogP contribution in [0.15, 0.2) is 29.2 Å². The van der Waals surface area contributed by atoms with Crippen molar-refractivity contribution in [1.29, 1.82) is 0 Å². The lowest BCUT2D eigenvalue weighted by atomic mass is 10.1. The molecule has 1 rings (SSSR count). The maximum atomic E-state index is 11.0. The van der Waals surface area contributed by atoms with Crippen molar-refractivity contribution in [3.63, 3.8) is 0 Å². The lowest BCUT2D eigenvalue weighted by Gasteiger charge is -2.05. The van der Waals surface area contributed by atoms with Gasteiger partial charge in [-0.1, -0.05) is 12.1 Å². The zero-order valence-electron chi connectivity index (χ0n) is 7.28. The van der Waals surface area contributed by atoms with E-state index in [1.807, 2.05) is 31.2 Å². The third-order valence-electron chi connectivity index (χ3n) is 1.74. The van der Waals surface area contributed by atoms with Gasteiger partial charge in [0, 0.05) is 28.0 Å². The van der Waals surface area contributed by atoms with Gasteiger partial charge in [0.2, 0.25) is 0 Å². The van der Waals surface area contributed by atoms with Crippen LogP contribution < -0.4 is 5.73 Å². The lowest BCUT2D eigenvalue weighted by Crippen LogP contribution is -2.04. The predicted molar refractivity (Wildman–Crippen MR) is 51.4 cm³/mol. The van der Waals surface area contributed by atoms with E-state index in [4.69, 9.17) is 5.73 Å². The molecule has 0 aromatic heterocycles. The van der Waals surface area contributed by atoms with Gasteiger partial charge in [0.05, 0.1) is 0 Å². The van der Waals surface area contributed by atoms with Crippen molar-refractivity contribution in [3.05, 3.63) is 29.8 Å². The Balaban J connectivity index is 2.93. The Morgan fingerprint density at radius 3 is 2.17 bits per heavy atom. The Hall–Kier alpha value is -0.670. The molecule has 66 valence electrons. The normalized spacial score (nSPS) is 15.6. The highest BCUT2D eigenvalue weighted by Crippen LogP contribution is 2.12. The fraction of sp³-hybridized carbons (Fsp3) is 0.333. The molecule has 3 heteroatoms. The summed E-state index contributed by atoms with van der Waals surface area (Å²) < 4.78 is 11.0. The zero-order chi connectivity index (χ0) is 9.14. The first-order valence-electron chi connectivity index (χ1n) is 3.80. The van der Waals surface area contributed by atoms with Gasteiger partial charge in [0.1, 0.15) is 0 Å². The monoisotopic (exact) mass is 183 g/mol. The molecule has 0 aliphatic rings. The molecule has 0 radical (unpaired) electrons. The van der Waals surface area contributed by atoms with E-state index >= 15 is 0 Å². The zero-order valence-corrected chi connectivity index (χ0v) is 8.10. The predicted octanol–water partition coefficient (Wildman–Crippen LogP) is 1.44. The number of hydrogen-bond donors (Lipinski definition) is 1. The second-order valence-electron chi connectivity index (χ2n) is 2.81. The molecule has 2 atom stereocenters. The molecule has 2 nitrogen and oxygen atoms in total. The van der Waals surface area contributed by atoms with E-state index in [1.165, 1.54) is 0 Å². The Kier molecular flexibility index (Phi) is 3.00. The van der Waals surface area contributed by atoms with Gasteiger partial charge in [-0.3, -0.25) is 4.21 Å². The fourth-order valence-electron chi connectivity index (χ4n) is 0.963. The minimum Gasteiger partial charge on any atom is -0.324 e. The third kappa shape index (κ3) is 2.16. The molecule has 1 aromatic rings. The molecule has 0 fully saturated rings. The quantitative estimate of drug-likeness (QED) is 0.754. The van der Waals surface area contributed by atoms with Gasteiger partial charge in [0.25, 0.3) is 0 Å². The summed E-state index contributed by atoms with van der Waals surface area (Å²) in [4.78, 5) is 0.847. The summed E-state index contributed by atoms with van der Waals surface area (Å²) in [7, 11) is -0.891. The van der Waals surface area contributed by atoms with E-state index in [1.54, 1.807) is 6.26 Å². The summed E-state index contributed by atoms with van der Waals surface area (Å²) in [6.45, 7) is 1.93. The summed E-state index contributed by atoms with van der Waals surface area (Å²) in [5, 5.41) is 0. The van der Waals surface area contributed by atoms with Gasteiger partial charge >= 0.3 is 0 Å². The Bertz CT molecular complexity index is 279. The second kappa shape index (κ2) is 3.83. The first-order valence-corrected chi connectivity index (χ1v) is 5.36. The van der Waals surface area contributed by atoms with E-state index < -0.39 is 10.8 Å². The number of benzene rings is 1. The third-order valence-corrected chi connectivity index (χ3v) is 2.67. The standard InChI is InChI=1S/C9H13NOS/c1-7(10)8-3-5-9(6-4-8)12(2)11/h3-7H,10H2,1-2H3/t7-,12+/m1/s1. The molecule has 0 spiro atoms. The summed E-state index contributed by atoms with van der Waals surface area (Å²) >= 11 is 0. The van der Waals surface area contributed by atoms with Crippen molar-refractivity contribution in [1.82, 2.24) is 0 Å². The van der Waals surface area contributed by atoms with Crippen LogP contribution in [-0.4, -0.2) is 10.5 Å². The van der Waals surface area contributed by atoms with Crippen LogP contribution in [0.2, 0.25) is 0 Å². The molecule has 0 bridgehead atoms. The van der Waals surface area contributed by atoms with Crippen LogP contribution in [0.5, 0.6) is 0 Å². The van der Waals surface area contributed by atoms with Crippen molar-refractivity contribution >= 4 is 10.8 Å². The van der Waals surface area contributed by atoms with E-state index in [0.717, 1.165) is 10.5 Å². The number of nitrogens with two attached hydrogens (primary N) is 1. The average molecular weight is 183 g/mol. The Morgan fingerprint density at radius 2 is 1.83 bits per heavy atom. The smallest absolute Gasteiger partial charge is 0.0498 e. The van der Waals surface area contributed by atoms with Crippen molar-refractivity contribution in [2.45, 2.75) is 17.9 Å². The minimum atomic E-state index is -0.891. The molecule has 0 aliphatic carbocycles. The maximum Gasteiger partial charge on any atom is 0.0498 e. The van der Waals surface area contributed by atoms with E-state index in [-0.39, 0.29) is 6.04 Å². The fourth-order valence-corrected chi connectivity index (χ4v) is 1.48. The molecule has 0 heterocycles. The highest BCUT2D eigenvalue weighted by Gasteiger charge is 2.00. The van der Waals surface area contributed by atoms with Crippen LogP contribution >= 0.6 is 0 Å².